The van der Waals surface area contributed by atoms with E-state index in [0.717, 1.165) is 0 Å². The first-order chi connectivity index (χ1) is 10.5. The molecule has 6 nitrogen and oxygen atoms in total. The molecule has 1 aromatic rings. The molecule has 0 radical (unpaired) electrons. The number of carbonyl (C=O) groups is 1. The van der Waals surface area contributed by atoms with Crippen LogP contribution in [0.2, 0.25) is 10.0 Å². The highest BCUT2D eigenvalue weighted by atomic mass is 35.5. The Labute approximate surface area is 143 Å². The van der Waals surface area contributed by atoms with E-state index in [0.29, 0.717) is 42.0 Å². The summed E-state index contributed by atoms with van der Waals surface area (Å²) in [7, 11) is 0. The average Bonchev–Trinajstić information content (AvgIpc) is 2.50. The average molecular weight is 361 g/mol. The molecule has 22 heavy (non-hydrogen) atoms. The lowest BCUT2D eigenvalue weighted by Gasteiger charge is -2.26. The second-order valence-corrected chi connectivity index (χ2v) is 5.69. The second-order valence-electron chi connectivity index (χ2n) is 4.44. The van der Waals surface area contributed by atoms with E-state index in [1.807, 2.05) is 0 Å². The van der Waals surface area contributed by atoms with Crippen LogP contribution in [-0.2, 0) is 9.53 Å². The van der Waals surface area contributed by atoms with Gasteiger partial charge in [-0.3, -0.25) is 10.2 Å². The lowest BCUT2D eigenvalue weighted by atomic mass is 10.3. The zero-order valence-corrected chi connectivity index (χ0v) is 13.8. The largest absolute Gasteiger partial charge is 0.388 e. The van der Waals surface area contributed by atoms with Gasteiger partial charge in [0, 0.05) is 13.1 Å². The van der Waals surface area contributed by atoms with Crippen LogP contribution in [0.25, 0.3) is 0 Å². The predicted molar refractivity (Wildman–Crippen MR) is 91.7 cm³/mol. The van der Waals surface area contributed by atoms with E-state index in [1.165, 1.54) is 0 Å². The zero-order chi connectivity index (χ0) is 16.1. The van der Waals surface area contributed by atoms with E-state index in [4.69, 9.17) is 45.9 Å². The fourth-order valence-electron chi connectivity index (χ4n) is 1.84. The number of thiocarbonyl (C=S) groups is 1. The first-order valence-electron chi connectivity index (χ1n) is 6.45. The molecule has 118 valence electrons. The molecule has 0 spiro atoms. The number of rotatable bonds is 4. The van der Waals surface area contributed by atoms with Gasteiger partial charge in [0.15, 0.2) is 5.71 Å². The van der Waals surface area contributed by atoms with E-state index >= 15 is 0 Å². The molecule has 1 heterocycles. The molecular weight excluding hydrogens is 347 g/mol. The van der Waals surface area contributed by atoms with Crippen molar-refractivity contribution in [1.29, 1.82) is 0 Å². The van der Waals surface area contributed by atoms with E-state index in [-0.39, 0.29) is 16.6 Å². The highest BCUT2D eigenvalue weighted by Gasteiger charge is 2.24. The van der Waals surface area contributed by atoms with Crippen LogP contribution in [0.4, 0.5) is 5.69 Å². The monoisotopic (exact) mass is 360 g/mol. The Hall–Kier alpha value is -1.41. The number of anilines is 1. The van der Waals surface area contributed by atoms with Crippen LogP contribution in [0, 0.1) is 0 Å². The number of carbonyl (C=O) groups excluding carboxylic acids is 1. The lowest BCUT2D eigenvalue weighted by molar-refractivity contribution is -0.127. The van der Waals surface area contributed by atoms with Crippen LogP contribution in [0.1, 0.15) is 0 Å². The van der Waals surface area contributed by atoms with Gasteiger partial charge in [-0.25, -0.2) is 0 Å². The Kier molecular flexibility index (Phi) is 5.96. The molecule has 0 saturated carbocycles. The number of hydrogen-bond acceptors (Lipinski definition) is 5. The molecule has 1 saturated heterocycles. The third kappa shape index (κ3) is 4.07. The molecule has 1 aliphatic rings. The maximum Gasteiger partial charge on any atom is 0.277 e. The molecule has 0 aromatic heterocycles. The summed E-state index contributed by atoms with van der Waals surface area (Å²) < 4.78 is 5.20. The van der Waals surface area contributed by atoms with Crippen molar-refractivity contribution >= 4 is 57.7 Å². The van der Waals surface area contributed by atoms with Crippen molar-refractivity contribution in [3.8, 4) is 0 Å². The molecule has 9 heteroatoms. The molecule has 1 aliphatic heterocycles. The van der Waals surface area contributed by atoms with Crippen molar-refractivity contribution < 1.29 is 9.53 Å². The van der Waals surface area contributed by atoms with Gasteiger partial charge >= 0.3 is 0 Å². The van der Waals surface area contributed by atoms with Crippen molar-refractivity contribution in [3.05, 3.63) is 28.2 Å². The number of amides is 1. The number of hydrogen-bond donors (Lipinski definition) is 2. The molecule has 0 atom stereocenters. The number of halogens is 2. The predicted octanol–water partition coefficient (Wildman–Crippen LogP) is 1.91. The molecule has 0 aliphatic carbocycles. The summed E-state index contributed by atoms with van der Waals surface area (Å²) in [5.74, 6) is -0.355. The van der Waals surface area contributed by atoms with Gasteiger partial charge in [-0.05, 0) is 12.1 Å². The van der Waals surface area contributed by atoms with Gasteiger partial charge in [0.25, 0.3) is 5.91 Å². The van der Waals surface area contributed by atoms with Crippen LogP contribution in [-0.4, -0.2) is 47.8 Å². The van der Waals surface area contributed by atoms with Gasteiger partial charge in [0.2, 0.25) is 0 Å². The second kappa shape index (κ2) is 7.73. The van der Waals surface area contributed by atoms with Crippen LogP contribution < -0.4 is 11.2 Å². The maximum absolute atomic E-state index is 12.4. The van der Waals surface area contributed by atoms with Crippen LogP contribution in [0.5, 0.6) is 0 Å². The number of morpholine rings is 1. The smallest absolute Gasteiger partial charge is 0.277 e. The topological polar surface area (TPSA) is 79.9 Å². The van der Waals surface area contributed by atoms with Crippen molar-refractivity contribution in [2.24, 2.45) is 10.8 Å². The van der Waals surface area contributed by atoms with Crippen molar-refractivity contribution in [1.82, 2.24) is 4.90 Å². The Balaban J connectivity index is 2.20. The highest BCUT2D eigenvalue weighted by Crippen LogP contribution is 2.29. The van der Waals surface area contributed by atoms with Gasteiger partial charge in [0.05, 0.1) is 28.9 Å². The Bertz CT molecular complexity index is 598. The van der Waals surface area contributed by atoms with Gasteiger partial charge in [-0.15, -0.1) is 0 Å². The minimum Gasteiger partial charge on any atom is -0.388 e. The molecular formula is C13H14Cl2N4O2S. The zero-order valence-electron chi connectivity index (χ0n) is 11.5. The first kappa shape index (κ1) is 17.0. The quantitative estimate of drug-likeness (QED) is 0.487. The number of nitrogens with one attached hydrogen (secondary N) is 1. The van der Waals surface area contributed by atoms with E-state index in [2.05, 4.69) is 10.5 Å². The summed E-state index contributed by atoms with van der Waals surface area (Å²) in [6.07, 6.45) is 0. The van der Waals surface area contributed by atoms with E-state index < -0.39 is 0 Å². The lowest BCUT2D eigenvalue weighted by Crippen LogP contribution is -2.47. The minimum absolute atomic E-state index is 0.0483. The Morgan fingerprint density at radius 2 is 1.91 bits per heavy atom. The summed E-state index contributed by atoms with van der Waals surface area (Å²) in [5.41, 5.74) is 8.60. The molecule has 1 aromatic carbocycles. The highest BCUT2D eigenvalue weighted by molar-refractivity contribution is 7.82. The summed E-state index contributed by atoms with van der Waals surface area (Å²) in [4.78, 5) is 13.9. The fraction of sp³-hybridized carbons (Fsp3) is 0.308. The number of ether oxygens (including phenoxy) is 1. The Morgan fingerprint density at radius 3 is 2.45 bits per heavy atom. The first-order valence-corrected chi connectivity index (χ1v) is 7.61. The molecule has 0 unspecified atom stereocenters. The molecule has 0 bridgehead atoms. The van der Waals surface area contributed by atoms with Crippen LogP contribution in [0.3, 0.4) is 0 Å². The number of nitrogens with zero attached hydrogens (tertiary/aromatic N) is 2. The number of benzene rings is 1. The molecule has 2 rings (SSSR count). The summed E-state index contributed by atoms with van der Waals surface area (Å²) in [6, 6.07) is 5.00. The van der Waals surface area contributed by atoms with Gasteiger partial charge in [-0.1, -0.05) is 41.5 Å². The van der Waals surface area contributed by atoms with Crippen molar-refractivity contribution in [2.75, 3.05) is 31.7 Å². The maximum atomic E-state index is 12.4. The molecule has 1 fully saturated rings. The number of para-hydroxylation sites is 1. The Morgan fingerprint density at radius 1 is 1.32 bits per heavy atom. The third-order valence-electron chi connectivity index (χ3n) is 2.98. The van der Waals surface area contributed by atoms with Crippen LogP contribution >= 0.6 is 35.4 Å². The van der Waals surface area contributed by atoms with Crippen LogP contribution in [0.15, 0.2) is 23.3 Å². The van der Waals surface area contributed by atoms with Crippen molar-refractivity contribution in [2.45, 2.75) is 0 Å². The SMILES string of the molecule is NC(=S)/C(=N\Nc1c(Cl)cccc1Cl)C(=O)N1CCOCC1. The summed E-state index contributed by atoms with van der Waals surface area (Å²) in [5, 5.41) is 4.73. The number of nitrogens with two attached hydrogens (primary N) is 1. The third-order valence-corrected chi connectivity index (χ3v) is 3.80. The standard InChI is InChI=1S/C13H14Cl2N4O2S/c14-8-2-1-3-9(15)10(8)17-18-11(12(16)22)13(20)19-4-6-21-7-5-19/h1-3,17H,4-7H2,(H2,16,22)/b18-11+. The van der Waals surface area contributed by atoms with E-state index in [1.54, 1.807) is 23.1 Å². The van der Waals surface area contributed by atoms with E-state index in [9.17, 15) is 4.79 Å². The fourth-order valence-corrected chi connectivity index (χ4v) is 2.46. The van der Waals surface area contributed by atoms with Gasteiger partial charge < -0.3 is 15.4 Å². The normalized spacial score (nSPS) is 15.5. The minimum atomic E-state index is -0.355. The molecule has 1 amide bonds. The summed E-state index contributed by atoms with van der Waals surface area (Å²) >= 11 is 17.0. The van der Waals surface area contributed by atoms with Gasteiger partial charge in [0.1, 0.15) is 4.99 Å². The molecule has 3 N–H and O–H groups in total. The van der Waals surface area contributed by atoms with Gasteiger partial charge in [-0.2, -0.15) is 5.10 Å². The summed E-state index contributed by atoms with van der Waals surface area (Å²) in [6.45, 7) is 1.88. The van der Waals surface area contributed by atoms with Crippen molar-refractivity contribution in [3.63, 3.8) is 0 Å². The number of hydrazone groups is 1.